The van der Waals surface area contributed by atoms with Gasteiger partial charge in [-0.25, -0.2) is 18.1 Å². The Morgan fingerprint density at radius 3 is 2.15 bits per heavy atom. The molecule has 0 bridgehead atoms. The van der Waals surface area contributed by atoms with Crippen molar-refractivity contribution in [2.45, 2.75) is 20.4 Å². The van der Waals surface area contributed by atoms with Gasteiger partial charge < -0.3 is 5.32 Å². The summed E-state index contributed by atoms with van der Waals surface area (Å²) in [6, 6.07) is 13.1. The molecule has 0 aliphatic carbocycles. The molecule has 0 fully saturated rings. The van der Waals surface area contributed by atoms with E-state index in [4.69, 9.17) is 0 Å². The zero-order valence-electron chi connectivity index (χ0n) is 14.4. The van der Waals surface area contributed by atoms with Crippen LogP contribution in [0.1, 0.15) is 19.4 Å². The Morgan fingerprint density at radius 2 is 1.58 bits per heavy atom. The van der Waals surface area contributed by atoms with Crippen LogP contribution in [-0.2, 0) is 6.54 Å². The van der Waals surface area contributed by atoms with Crippen molar-refractivity contribution in [3.63, 3.8) is 0 Å². The maximum absolute atomic E-state index is 13.3. The molecule has 136 valence electrons. The molecule has 0 atom stereocenters. The highest BCUT2D eigenvalue weighted by Gasteiger charge is 2.09. The molecule has 2 N–H and O–H groups in total. The Bertz CT molecular complexity index is 931. The molecule has 0 aliphatic heterocycles. The first-order valence-corrected chi connectivity index (χ1v) is 8.13. The van der Waals surface area contributed by atoms with E-state index in [0.29, 0.717) is 17.2 Å². The molecule has 0 radical (unpaired) electrons. The van der Waals surface area contributed by atoms with E-state index in [1.54, 1.807) is 0 Å². The summed E-state index contributed by atoms with van der Waals surface area (Å²) in [7, 11) is 0. The van der Waals surface area contributed by atoms with E-state index in [9.17, 15) is 18.4 Å². The summed E-state index contributed by atoms with van der Waals surface area (Å²) in [5.41, 5.74) is -0.689. The normalized spacial score (nSPS) is 10.0. The molecular weight excluding hydrogens is 340 g/mol. The Hall–Kier alpha value is -3.22. The van der Waals surface area contributed by atoms with Gasteiger partial charge in [-0.15, -0.1) is 0 Å². The molecule has 1 aromatic heterocycles. The molecule has 0 amide bonds. The molecule has 2 aromatic carbocycles. The number of nitrogens with zero attached hydrogens (tertiary/aromatic N) is 1. The molecule has 3 aromatic rings. The van der Waals surface area contributed by atoms with Crippen molar-refractivity contribution in [1.29, 1.82) is 0 Å². The van der Waals surface area contributed by atoms with Crippen molar-refractivity contribution in [2.24, 2.45) is 0 Å². The summed E-state index contributed by atoms with van der Waals surface area (Å²) in [6.45, 7) is 4.41. The van der Waals surface area contributed by atoms with Crippen LogP contribution in [0.2, 0.25) is 0 Å². The molecule has 0 saturated heterocycles. The van der Waals surface area contributed by atoms with Crippen molar-refractivity contribution >= 4 is 5.82 Å². The largest absolute Gasteiger partial charge is 0.367 e. The average Bonchev–Trinajstić information content (AvgIpc) is 2.61. The Balaban J connectivity index is 0.00000117. The van der Waals surface area contributed by atoms with Crippen molar-refractivity contribution < 1.29 is 8.78 Å². The fourth-order valence-corrected chi connectivity index (χ4v) is 2.30. The highest BCUT2D eigenvalue weighted by Crippen LogP contribution is 2.10. The monoisotopic (exact) mass is 359 g/mol. The third kappa shape index (κ3) is 4.66. The molecule has 0 saturated carbocycles. The van der Waals surface area contributed by atoms with Gasteiger partial charge in [0.15, 0.2) is 0 Å². The number of anilines is 1. The second-order valence-electron chi connectivity index (χ2n) is 5.13. The highest BCUT2D eigenvalue weighted by molar-refractivity contribution is 5.38. The first-order valence-electron chi connectivity index (χ1n) is 8.13. The minimum absolute atomic E-state index is 0.173. The molecule has 0 unspecified atom stereocenters. The van der Waals surface area contributed by atoms with E-state index in [1.165, 1.54) is 0 Å². The standard InChI is InChI=1S/C17H13F2N3O2.C2H6/c18-12-6-13(19)8-14(7-12)22-16(23)9-15(21-17(22)24)20-10-11-4-2-1-3-5-11;1-2/h1-9,20H,10H2,(H,21,24);1-2H3. The number of hydrogen-bond donors (Lipinski definition) is 2. The van der Waals surface area contributed by atoms with Gasteiger partial charge in [0.05, 0.1) is 5.69 Å². The first-order chi connectivity index (χ1) is 12.5. The van der Waals surface area contributed by atoms with Gasteiger partial charge in [-0.05, 0) is 17.7 Å². The van der Waals surface area contributed by atoms with Crippen molar-refractivity contribution in [3.8, 4) is 5.69 Å². The van der Waals surface area contributed by atoms with Crippen LogP contribution in [0.3, 0.4) is 0 Å². The van der Waals surface area contributed by atoms with Crippen molar-refractivity contribution in [3.05, 3.63) is 92.6 Å². The number of halogens is 2. The van der Waals surface area contributed by atoms with Gasteiger partial charge in [0.1, 0.15) is 17.5 Å². The summed E-state index contributed by atoms with van der Waals surface area (Å²) < 4.78 is 27.2. The molecule has 1 heterocycles. The van der Waals surface area contributed by atoms with Crippen LogP contribution in [0, 0.1) is 11.6 Å². The maximum atomic E-state index is 13.3. The van der Waals surface area contributed by atoms with Crippen LogP contribution >= 0.6 is 0 Å². The number of nitrogens with one attached hydrogen (secondary N) is 2. The summed E-state index contributed by atoms with van der Waals surface area (Å²) >= 11 is 0. The minimum Gasteiger partial charge on any atom is -0.367 e. The zero-order chi connectivity index (χ0) is 19.1. The molecule has 26 heavy (non-hydrogen) atoms. The fraction of sp³-hybridized carbons (Fsp3) is 0.158. The van der Waals surface area contributed by atoms with Gasteiger partial charge >= 0.3 is 5.69 Å². The highest BCUT2D eigenvalue weighted by atomic mass is 19.1. The van der Waals surface area contributed by atoms with Crippen LogP contribution in [0.5, 0.6) is 0 Å². The predicted octanol–water partition coefficient (Wildman–Crippen LogP) is 3.44. The second kappa shape index (κ2) is 8.75. The van der Waals surface area contributed by atoms with Gasteiger partial charge in [-0.3, -0.25) is 9.78 Å². The lowest BCUT2D eigenvalue weighted by Gasteiger charge is -2.09. The number of hydrogen-bond acceptors (Lipinski definition) is 3. The van der Waals surface area contributed by atoms with Crippen LogP contribution in [-0.4, -0.2) is 9.55 Å². The van der Waals surface area contributed by atoms with Crippen molar-refractivity contribution in [2.75, 3.05) is 5.32 Å². The Morgan fingerprint density at radius 1 is 0.962 bits per heavy atom. The molecule has 0 spiro atoms. The smallest absolute Gasteiger partial charge is 0.334 e. The lowest BCUT2D eigenvalue weighted by Crippen LogP contribution is -2.33. The van der Waals surface area contributed by atoms with E-state index in [2.05, 4.69) is 10.3 Å². The summed E-state index contributed by atoms with van der Waals surface area (Å²) in [5.74, 6) is -1.52. The van der Waals surface area contributed by atoms with Crippen LogP contribution < -0.4 is 16.6 Å². The van der Waals surface area contributed by atoms with E-state index in [1.807, 2.05) is 44.2 Å². The number of benzene rings is 2. The molecule has 3 rings (SSSR count). The Labute approximate surface area is 148 Å². The van der Waals surface area contributed by atoms with Gasteiger partial charge in [0.2, 0.25) is 0 Å². The van der Waals surface area contributed by atoms with Gasteiger partial charge in [0.25, 0.3) is 5.56 Å². The first kappa shape index (κ1) is 19.1. The van der Waals surface area contributed by atoms with E-state index in [-0.39, 0.29) is 11.5 Å². The van der Waals surface area contributed by atoms with Crippen LogP contribution in [0.15, 0.2) is 64.2 Å². The molecular formula is C19H19F2N3O2. The molecule has 7 heteroatoms. The van der Waals surface area contributed by atoms with Gasteiger partial charge in [0, 0.05) is 18.7 Å². The maximum Gasteiger partial charge on any atom is 0.334 e. The van der Waals surface area contributed by atoms with Gasteiger partial charge in [-0.2, -0.15) is 0 Å². The van der Waals surface area contributed by atoms with Crippen LogP contribution in [0.4, 0.5) is 14.6 Å². The number of aromatic nitrogens is 2. The number of H-pyrrole nitrogens is 1. The number of aromatic amines is 1. The minimum atomic E-state index is -0.873. The summed E-state index contributed by atoms with van der Waals surface area (Å²) in [4.78, 5) is 26.7. The average molecular weight is 359 g/mol. The van der Waals surface area contributed by atoms with Gasteiger partial charge in [-0.1, -0.05) is 44.2 Å². The zero-order valence-corrected chi connectivity index (χ0v) is 14.4. The number of rotatable bonds is 4. The van der Waals surface area contributed by atoms with E-state index >= 15 is 0 Å². The Kier molecular flexibility index (Phi) is 6.43. The quantitative estimate of drug-likeness (QED) is 0.750. The lowest BCUT2D eigenvalue weighted by atomic mass is 10.2. The topological polar surface area (TPSA) is 66.9 Å². The predicted molar refractivity (Wildman–Crippen MR) is 97.7 cm³/mol. The SMILES string of the molecule is CC.O=c1cc(NCc2ccccc2)[nH]c(=O)n1-c1cc(F)cc(F)c1. The molecule has 0 aliphatic rings. The summed E-state index contributed by atoms with van der Waals surface area (Å²) in [6.07, 6.45) is 0. The van der Waals surface area contributed by atoms with Crippen molar-refractivity contribution in [1.82, 2.24) is 9.55 Å². The lowest BCUT2D eigenvalue weighted by molar-refractivity contribution is 0.580. The van der Waals surface area contributed by atoms with E-state index < -0.39 is 22.9 Å². The fourth-order valence-electron chi connectivity index (χ4n) is 2.30. The second-order valence-corrected chi connectivity index (χ2v) is 5.13. The third-order valence-corrected chi connectivity index (χ3v) is 3.36. The molecule has 5 nitrogen and oxygen atoms in total. The van der Waals surface area contributed by atoms with E-state index in [0.717, 1.165) is 23.8 Å². The third-order valence-electron chi connectivity index (χ3n) is 3.36. The van der Waals surface area contributed by atoms with Crippen LogP contribution in [0.25, 0.3) is 5.69 Å². The summed E-state index contributed by atoms with van der Waals surface area (Å²) in [5, 5.41) is 2.93.